The number of carbonyl (C=O) groups is 4. The molecule has 18 heteroatoms. The summed E-state index contributed by atoms with van der Waals surface area (Å²) in [5, 5.41) is 1.20. The van der Waals surface area contributed by atoms with Crippen LogP contribution >= 0.6 is 23.2 Å². The molecule has 8 heterocycles. The lowest BCUT2D eigenvalue weighted by Gasteiger charge is -2.33. The number of para-hydroxylation sites is 2. The zero-order valence-corrected chi connectivity index (χ0v) is 46.5. The summed E-state index contributed by atoms with van der Waals surface area (Å²) in [6.07, 6.45) is 6.25. The van der Waals surface area contributed by atoms with Crippen LogP contribution in [-0.2, 0) is 38.1 Å². The highest BCUT2D eigenvalue weighted by Crippen LogP contribution is 2.49. The Hall–Kier alpha value is -6.98. The molecule has 6 aliphatic heterocycles. The van der Waals surface area contributed by atoms with E-state index in [9.17, 15) is 19.2 Å². The number of amides is 2. The smallest absolute Gasteiger partial charge is 0.306 e. The molecule has 6 aromatic rings. The van der Waals surface area contributed by atoms with Crippen LogP contribution in [-0.4, -0.2) is 109 Å². The maximum absolute atomic E-state index is 13.6. The van der Waals surface area contributed by atoms with Crippen LogP contribution in [0, 0.1) is 11.8 Å². The highest BCUT2D eigenvalue weighted by molar-refractivity contribution is 6.31. The quantitative estimate of drug-likeness (QED) is 0.107. The molecule has 0 bridgehead atoms. The largest absolute Gasteiger partial charge is 0.486 e. The Morgan fingerprint density at radius 3 is 1.32 bits per heavy atom. The van der Waals surface area contributed by atoms with Gasteiger partial charge in [-0.25, -0.2) is 0 Å². The van der Waals surface area contributed by atoms with Crippen molar-refractivity contribution >= 4 is 47.0 Å². The third kappa shape index (κ3) is 11.9. The minimum absolute atomic E-state index is 0.0322. The number of esters is 2. The molecule has 6 aliphatic rings. The lowest BCUT2D eigenvalue weighted by atomic mass is 9.93. The van der Waals surface area contributed by atoms with Gasteiger partial charge in [-0.3, -0.25) is 19.2 Å². The van der Waals surface area contributed by atoms with Crippen molar-refractivity contribution in [3.63, 3.8) is 0 Å². The number of aromatic nitrogens is 2. The molecule has 80 heavy (non-hydrogen) atoms. The summed E-state index contributed by atoms with van der Waals surface area (Å²) in [6, 6.07) is 31.1. The number of carbonyl (C=O) groups excluding carboxylic acids is 4. The first-order valence-electron chi connectivity index (χ1n) is 27.9. The zero-order valence-electron chi connectivity index (χ0n) is 45.0. The van der Waals surface area contributed by atoms with Crippen LogP contribution in [0.15, 0.2) is 109 Å². The molecule has 2 amide bonds. The molecule has 12 rings (SSSR count). The van der Waals surface area contributed by atoms with Gasteiger partial charge in [0.25, 0.3) is 0 Å². The van der Waals surface area contributed by atoms with Gasteiger partial charge in [-0.05, 0) is 124 Å². The number of rotatable bonds is 12. The van der Waals surface area contributed by atoms with Gasteiger partial charge >= 0.3 is 11.9 Å². The summed E-state index contributed by atoms with van der Waals surface area (Å²) in [7, 11) is 0. The standard InChI is InChI=1S/2C31H33ClN2O6/c2*1-2-37-29(36)17-20-10-13-33(14-11-20)28(35)19-27-25-6-4-12-34(25)24-9-8-21(32)18-23(24)30(40-27)22-5-3-7-26-31(22)39-16-15-38-26/h2*3-9,12,18,20,27,30H,2,10-11,13-17,19H2,1H3/t2*27-,30-/m10/s1. The van der Waals surface area contributed by atoms with Crippen molar-refractivity contribution in [3.05, 3.63) is 153 Å². The van der Waals surface area contributed by atoms with Gasteiger partial charge in [-0.1, -0.05) is 47.5 Å². The number of halogens is 2. The lowest BCUT2D eigenvalue weighted by Crippen LogP contribution is -2.39. The second-order valence-electron chi connectivity index (χ2n) is 20.8. The van der Waals surface area contributed by atoms with Gasteiger partial charge in [0.2, 0.25) is 11.8 Å². The molecule has 2 saturated heterocycles. The Balaban J connectivity index is 0.000000169. The fraction of sp³-hybridized carbons (Fsp3) is 0.419. The number of likely N-dealkylation sites (tertiary alicyclic amines) is 2. The Morgan fingerprint density at radius 1 is 0.500 bits per heavy atom. The Kier molecular flexibility index (Phi) is 17.0. The van der Waals surface area contributed by atoms with E-state index in [0.29, 0.717) is 112 Å². The van der Waals surface area contributed by atoms with E-state index in [2.05, 4.69) is 9.13 Å². The summed E-state index contributed by atoms with van der Waals surface area (Å²) < 4.78 is 52.0. The van der Waals surface area contributed by atoms with E-state index in [1.165, 1.54) is 0 Å². The Labute approximate surface area is 475 Å². The van der Waals surface area contributed by atoms with Crippen molar-refractivity contribution in [2.24, 2.45) is 11.8 Å². The summed E-state index contributed by atoms with van der Waals surface area (Å²) in [6.45, 7) is 8.77. The fourth-order valence-corrected chi connectivity index (χ4v) is 12.3. The normalized spacial score (nSPS) is 20.3. The maximum Gasteiger partial charge on any atom is 0.306 e. The zero-order chi connectivity index (χ0) is 55.3. The summed E-state index contributed by atoms with van der Waals surface area (Å²) in [4.78, 5) is 54.9. The van der Waals surface area contributed by atoms with Crippen molar-refractivity contribution in [2.75, 3.05) is 65.8 Å². The molecule has 4 atom stereocenters. The second kappa shape index (κ2) is 24.8. The van der Waals surface area contributed by atoms with Crippen LogP contribution in [0.1, 0.15) is 123 Å². The minimum Gasteiger partial charge on any atom is -0.486 e. The van der Waals surface area contributed by atoms with Gasteiger partial charge in [-0.2, -0.15) is 0 Å². The lowest BCUT2D eigenvalue weighted by molar-refractivity contribution is -0.146. The van der Waals surface area contributed by atoms with Crippen LogP contribution in [0.2, 0.25) is 10.0 Å². The van der Waals surface area contributed by atoms with E-state index in [1.54, 1.807) is 0 Å². The van der Waals surface area contributed by atoms with Crippen LogP contribution in [0.25, 0.3) is 11.4 Å². The van der Waals surface area contributed by atoms with E-state index in [1.807, 2.05) is 133 Å². The molecule has 420 valence electrons. The van der Waals surface area contributed by atoms with Crippen molar-refractivity contribution in [1.82, 2.24) is 18.9 Å². The molecule has 2 aromatic heterocycles. The van der Waals surface area contributed by atoms with Crippen LogP contribution in [0.5, 0.6) is 23.0 Å². The number of fused-ring (bicyclic) bond motifs is 8. The van der Waals surface area contributed by atoms with Gasteiger partial charge in [-0.15, -0.1) is 0 Å². The van der Waals surface area contributed by atoms with E-state index >= 15 is 0 Å². The number of benzene rings is 4. The molecule has 0 spiro atoms. The first kappa shape index (κ1) is 55.0. The van der Waals surface area contributed by atoms with Gasteiger partial charge in [0.15, 0.2) is 23.0 Å². The van der Waals surface area contributed by atoms with Crippen molar-refractivity contribution in [1.29, 1.82) is 0 Å². The highest BCUT2D eigenvalue weighted by Gasteiger charge is 2.38. The number of ether oxygens (including phenoxy) is 8. The van der Waals surface area contributed by atoms with Gasteiger partial charge in [0.05, 0.1) is 48.8 Å². The average molecular weight is 1130 g/mol. The monoisotopic (exact) mass is 1130 g/mol. The molecular formula is C62H66Cl2N4O12. The molecule has 2 fully saturated rings. The fourth-order valence-electron chi connectivity index (χ4n) is 11.9. The van der Waals surface area contributed by atoms with E-state index < -0.39 is 24.4 Å². The van der Waals surface area contributed by atoms with Gasteiger partial charge < -0.3 is 56.8 Å². The number of hydrogen-bond acceptors (Lipinski definition) is 12. The summed E-state index contributed by atoms with van der Waals surface area (Å²) >= 11 is 13.0. The third-order valence-electron chi connectivity index (χ3n) is 15.8. The molecule has 0 radical (unpaired) electrons. The summed E-state index contributed by atoms with van der Waals surface area (Å²) in [5.74, 6) is 2.89. The van der Waals surface area contributed by atoms with Crippen LogP contribution in [0.4, 0.5) is 0 Å². The SMILES string of the molecule is CCOC(=O)CC1CCN(C(=O)C[C@@H]2O[C@@H](c3cccc4c3OCCO4)c3cc(Cl)ccc3-n3cccc32)CC1.CCOC(=O)CC1CCN(C(=O)C[C@H]2O[C@H](c3cccc4c3OCCO4)c3cc(Cl)ccc3-n3cccc32)CC1. The number of hydrogen-bond donors (Lipinski definition) is 0. The molecule has 0 aliphatic carbocycles. The predicted octanol–water partition coefficient (Wildman–Crippen LogP) is 11.3. The van der Waals surface area contributed by atoms with Crippen LogP contribution in [0.3, 0.4) is 0 Å². The second-order valence-corrected chi connectivity index (χ2v) is 21.7. The Morgan fingerprint density at radius 2 is 0.912 bits per heavy atom. The Bertz CT molecular complexity index is 3000. The average Bonchev–Trinajstić information content (AvgIpc) is 4.28. The summed E-state index contributed by atoms with van der Waals surface area (Å²) in [5.41, 5.74) is 7.14. The number of nitrogens with zero attached hydrogens (tertiary/aromatic N) is 4. The number of piperidine rings is 2. The molecular weight excluding hydrogens is 1060 g/mol. The molecule has 0 saturated carbocycles. The molecule has 16 nitrogen and oxygen atoms in total. The first-order valence-corrected chi connectivity index (χ1v) is 28.7. The molecule has 4 aromatic carbocycles. The highest BCUT2D eigenvalue weighted by atomic mass is 35.5. The third-order valence-corrected chi connectivity index (χ3v) is 16.3. The van der Waals surface area contributed by atoms with Crippen molar-refractivity contribution < 1.29 is 57.1 Å². The van der Waals surface area contributed by atoms with Crippen molar-refractivity contribution in [2.45, 2.75) is 89.6 Å². The van der Waals surface area contributed by atoms with E-state index in [4.69, 9.17) is 61.1 Å². The topological polar surface area (TPSA) is 158 Å². The maximum atomic E-state index is 13.6. The van der Waals surface area contributed by atoms with Gasteiger partial charge in [0, 0.05) is 83.7 Å². The van der Waals surface area contributed by atoms with Gasteiger partial charge in [0.1, 0.15) is 50.8 Å². The first-order chi connectivity index (χ1) is 39.0. The molecule has 0 unspecified atom stereocenters. The van der Waals surface area contributed by atoms with E-state index in [0.717, 1.165) is 70.7 Å². The van der Waals surface area contributed by atoms with Crippen molar-refractivity contribution in [3.8, 4) is 34.4 Å². The van der Waals surface area contributed by atoms with E-state index in [-0.39, 0.29) is 48.4 Å². The minimum atomic E-state index is -0.529. The molecule has 0 N–H and O–H groups in total. The predicted molar refractivity (Wildman–Crippen MR) is 298 cm³/mol. The van der Waals surface area contributed by atoms with Crippen LogP contribution < -0.4 is 18.9 Å².